The van der Waals surface area contributed by atoms with E-state index in [1.165, 1.54) is 30.4 Å². The van der Waals surface area contributed by atoms with Crippen LogP contribution < -0.4 is 0 Å². The van der Waals surface area contributed by atoms with Crippen LogP contribution in [0.15, 0.2) is 24.3 Å². The first-order valence-electron chi connectivity index (χ1n) is 7.93. The Hall–Kier alpha value is -0.340. The average molecular weight is 339 g/mol. The number of hydrogen-bond donors (Lipinski definition) is 0. The van der Waals surface area contributed by atoms with Crippen molar-refractivity contribution in [1.82, 2.24) is 0 Å². The smallest absolute Gasteiger partial charge is 0.0596 e. The molecule has 0 aromatic heterocycles. The third-order valence-electron chi connectivity index (χ3n) is 4.77. The Morgan fingerprint density at radius 1 is 1.10 bits per heavy atom. The minimum atomic E-state index is 0.323. The number of unbranched alkanes of at least 4 members (excludes halogenated alkanes) is 1. The summed E-state index contributed by atoms with van der Waals surface area (Å²) in [7, 11) is 0. The van der Waals surface area contributed by atoms with Crippen LogP contribution in [-0.2, 0) is 11.2 Å². The molecule has 2 heteroatoms. The number of aryl methyl sites for hydroxylation is 1. The number of halogens is 1. The lowest BCUT2D eigenvalue weighted by Crippen LogP contribution is -2.21. The summed E-state index contributed by atoms with van der Waals surface area (Å²) >= 11 is 3.92. The second-order valence-electron chi connectivity index (χ2n) is 6.23. The molecule has 1 fully saturated rings. The molecule has 1 aromatic carbocycles. The lowest BCUT2D eigenvalue weighted by molar-refractivity contribution is 0.0511. The maximum Gasteiger partial charge on any atom is 0.0596 e. The van der Waals surface area contributed by atoms with Crippen molar-refractivity contribution in [2.75, 3.05) is 0 Å². The Bertz CT molecular complexity index is 414. The number of rotatable bonds is 5. The van der Waals surface area contributed by atoms with Crippen LogP contribution in [0.2, 0.25) is 0 Å². The molecule has 1 aliphatic heterocycles. The Kier molecular flexibility index (Phi) is 5.68. The zero-order valence-electron chi connectivity index (χ0n) is 13.1. The molecular weight excluding hydrogens is 312 g/mol. The van der Waals surface area contributed by atoms with Crippen LogP contribution in [-0.4, -0.2) is 12.2 Å². The number of hydrogen-bond acceptors (Lipinski definition) is 1. The average Bonchev–Trinajstić information content (AvgIpc) is 2.70. The van der Waals surface area contributed by atoms with Crippen LogP contribution >= 0.6 is 15.9 Å². The van der Waals surface area contributed by atoms with Gasteiger partial charge in [0.1, 0.15) is 0 Å². The first kappa shape index (κ1) is 16.0. The van der Waals surface area contributed by atoms with Gasteiger partial charge in [-0.1, -0.05) is 60.5 Å². The number of benzene rings is 1. The summed E-state index contributed by atoms with van der Waals surface area (Å²) in [5.74, 6) is 1.14. The van der Waals surface area contributed by atoms with Crippen LogP contribution in [0.25, 0.3) is 0 Å². The van der Waals surface area contributed by atoms with Crippen molar-refractivity contribution in [2.24, 2.45) is 11.8 Å². The Labute approximate surface area is 132 Å². The summed E-state index contributed by atoms with van der Waals surface area (Å²) in [5, 5.41) is 0. The van der Waals surface area contributed by atoms with Gasteiger partial charge in [-0.25, -0.2) is 0 Å². The van der Waals surface area contributed by atoms with Gasteiger partial charge in [0.15, 0.2) is 0 Å². The maximum atomic E-state index is 5.98. The van der Waals surface area contributed by atoms with E-state index in [9.17, 15) is 0 Å². The van der Waals surface area contributed by atoms with Crippen LogP contribution in [0.4, 0.5) is 0 Å². The minimum absolute atomic E-state index is 0.323. The Morgan fingerprint density at radius 2 is 1.75 bits per heavy atom. The summed E-state index contributed by atoms with van der Waals surface area (Å²) in [6.45, 7) is 8.94. The van der Waals surface area contributed by atoms with Crippen molar-refractivity contribution in [1.29, 1.82) is 0 Å². The number of alkyl halides is 1. The van der Waals surface area contributed by atoms with Gasteiger partial charge < -0.3 is 4.74 Å². The van der Waals surface area contributed by atoms with E-state index in [4.69, 9.17) is 4.74 Å². The molecular formula is C18H27BrO. The van der Waals surface area contributed by atoms with Crippen molar-refractivity contribution < 1.29 is 4.74 Å². The van der Waals surface area contributed by atoms with E-state index in [0.29, 0.717) is 28.9 Å². The normalized spacial score (nSPS) is 31.4. The molecule has 1 aromatic rings. The molecule has 1 heterocycles. The van der Waals surface area contributed by atoms with E-state index < -0.39 is 0 Å². The molecule has 112 valence electrons. The fourth-order valence-electron chi connectivity index (χ4n) is 3.27. The first-order valence-corrected chi connectivity index (χ1v) is 8.84. The van der Waals surface area contributed by atoms with E-state index in [1.807, 2.05) is 0 Å². The minimum Gasteiger partial charge on any atom is -0.375 e. The van der Waals surface area contributed by atoms with Gasteiger partial charge >= 0.3 is 0 Å². The van der Waals surface area contributed by atoms with Crippen molar-refractivity contribution in [2.45, 2.75) is 64.0 Å². The molecule has 1 nitrogen and oxygen atoms in total. The van der Waals surface area contributed by atoms with E-state index in [-0.39, 0.29) is 0 Å². The highest BCUT2D eigenvalue weighted by Gasteiger charge is 2.41. The molecule has 20 heavy (non-hydrogen) atoms. The van der Waals surface area contributed by atoms with Gasteiger partial charge in [0, 0.05) is 10.7 Å². The van der Waals surface area contributed by atoms with Crippen LogP contribution in [0.1, 0.15) is 56.5 Å². The van der Waals surface area contributed by atoms with Crippen LogP contribution in [0.5, 0.6) is 0 Å². The first-order chi connectivity index (χ1) is 9.54. The third-order valence-corrected chi connectivity index (χ3v) is 5.91. The monoisotopic (exact) mass is 338 g/mol. The summed E-state index contributed by atoms with van der Waals surface area (Å²) in [4.78, 5) is 0.387. The zero-order chi connectivity index (χ0) is 14.7. The molecule has 0 aliphatic carbocycles. The molecule has 0 amide bonds. The predicted octanol–water partition coefficient (Wildman–Crippen LogP) is 5.52. The lowest BCUT2D eigenvalue weighted by Gasteiger charge is -2.25. The highest BCUT2D eigenvalue weighted by molar-refractivity contribution is 9.09. The summed E-state index contributed by atoms with van der Waals surface area (Å²) in [6.07, 6.45) is 4.41. The summed E-state index contributed by atoms with van der Waals surface area (Å²) < 4.78 is 5.98. The quantitative estimate of drug-likeness (QED) is 0.642. The second-order valence-corrected chi connectivity index (χ2v) is 7.22. The lowest BCUT2D eigenvalue weighted by atomic mass is 9.84. The largest absolute Gasteiger partial charge is 0.375 e. The highest BCUT2D eigenvalue weighted by atomic mass is 79.9. The molecule has 0 radical (unpaired) electrons. The van der Waals surface area contributed by atoms with Crippen LogP contribution in [0.3, 0.4) is 0 Å². The molecule has 0 saturated carbocycles. The topological polar surface area (TPSA) is 9.23 Å². The van der Waals surface area contributed by atoms with E-state index in [2.05, 4.69) is 67.9 Å². The van der Waals surface area contributed by atoms with Gasteiger partial charge in [0.2, 0.25) is 0 Å². The Morgan fingerprint density at radius 3 is 2.25 bits per heavy atom. The Balaban J connectivity index is 2.07. The SMILES string of the molecule is CCCCc1ccc(C(Br)C2C(C)OC(C)C2C)cc1. The van der Waals surface area contributed by atoms with Gasteiger partial charge in [-0.15, -0.1) is 0 Å². The highest BCUT2D eigenvalue weighted by Crippen LogP contribution is 2.44. The zero-order valence-corrected chi connectivity index (χ0v) is 14.7. The standard InChI is InChI=1S/C18H27BrO/c1-5-6-7-15-8-10-16(11-9-15)18(19)17-12(2)13(3)20-14(17)4/h8-14,17-18H,5-7H2,1-4H3. The van der Waals surface area contributed by atoms with Gasteiger partial charge in [-0.3, -0.25) is 0 Å². The van der Waals surface area contributed by atoms with Gasteiger partial charge in [0.25, 0.3) is 0 Å². The molecule has 2 rings (SSSR count). The van der Waals surface area contributed by atoms with Gasteiger partial charge in [0.05, 0.1) is 12.2 Å². The molecule has 0 bridgehead atoms. The molecule has 1 aliphatic rings. The molecule has 0 spiro atoms. The van der Waals surface area contributed by atoms with E-state index in [0.717, 1.165) is 0 Å². The van der Waals surface area contributed by atoms with E-state index in [1.54, 1.807) is 0 Å². The molecule has 5 atom stereocenters. The summed E-state index contributed by atoms with van der Waals surface area (Å²) in [5.41, 5.74) is 2.83. The van der Waals surface area contributed by atoms with Crippen molar-refractivity contribution in [3.8, 4) is 0 Å². The second kappa shape index (κ2) is 7.09. The van der Waals surface area contributed by atoms with Crippen molar-refractivity contribution in [3.05, 3.63) is 35.4 Å². The van der Waals surface area contributed by atoms with Crippen LogP contribution in [0, 0.1) is 11.8 Å². The molecule has 0 N–H and O–H groups in total. The molecule has 5 unspecified atom stereocenters. The third kappa shape index (κ3) is 3.46. The number of ether oxygens (including phenoxy) is 1. The fourth-order valence-corrected chi connectivity index (χ4v) is 4.49. The summed E-state index contributed by atoms with van der Waals surface area (Å²) in [6, 6.07) is 9.14. The van der Waals surface area contributed by atoms with Crippen molar-refractivity contribution >= 4 is 15.9 Å². The predicted molar refractivity (Wildman–Crippen MR) is 89.4 cm³/mol. The maximum absolute atomic E-state index is 5.98. The van der Waals surface area contributed by atoms with Gasteiger partial charge in [-0.05, 0) is 43.7 Å². The van der Waals surface area contributed by atoms with Gasteiger partial charge in [-0.2, -0.15) is 0 Å². The fraction of sp³-hybridized carbons (Fsp3) is 0.667. The van der Waals surface area contributed by atoms with E-state index >= 15 is 0 Å². The molecule has 1 saturated heterocycles. The van der Waals surface area contributed by atoms with Crippen molar-refractivity contribution in [3.63, 3.8) is 0 Å².